The van der Waals surface area contributed by atoms with Gasteiger partial charge in [0, 0.05) is 37.8 Å². The van der Waals surface area contributed by atoms with E-state index in [2.05, 4.69) is 15.3 Å². The maximum Gasteiger partial charge on any atom is 0.433 e. The van der Waals surface area contributed by atoms with Crippen LogP contribution in [0.4, 0.5) is 40.8 Å². The Kier molecular flexibility index (Phi) is 10.9. The number of carbonyl (C=O) groups excluding carboxylic acids is 3. The first-order chi connectivity index (χ1) is 25.5. The van der Waals surface area contributed by atoms with E-state index in [0.717, 1.165) is 11.1 Å². The number of carbonyl (C=O) groups is 3. The van der Waals surface area contributed by atoms with Crippen LogP contribution in [0.3, 0.4) is 0 Å². The normalized spacial score (nSPS) is 19.8. The van der Waals surface area contributed by atoms with Crippen LogP contribution in [0.25, 0.3) is 11.3 Å². The van der Waals surface area contributed by atoms with Crippen molar-refractivity contribution in [1.29, 1.82) is 0 Å². The van der Waals surface area contributed by atoms with Gasteiger partial charge in [-0.25, -0.2) is 19.4 Å². The van der Waals surface area contributed by atoms with E-state index in [-0.39, 0.29) is 30.8 Å². The lowest BCUT2D eigenvalue weighted by atomic mass is 9.80. The lowest BCUT2D eigenvalue weighted by Crippen LogP contribution is -2.69. The minimum absolute atomic E-state index is 0.0613. The summed E-state index contributed by atoms with van der Waals surface area (Å²) in [5.41, 5.74) is -6.21. The number of anilines is 1. The number of Topliss-reactive ketones (excluding diaryl/α,β-unsaturated/α-hetero) is 1. The van der Waals surface area contributed by atoms with Crippen LogP contribution < -0.4 is 10.1 Å². The van der Waals surface area contributed by atoms with E-state index in [4.69, 9.17) is 9.47 Å². The van der Waals surface area contributed by atoms with Crippen LogP contribution in [0.15, 0.2) is 42.7 Å². The highest BCUT2D eigenvalue weighted by Crippen LogP contribution is 2.43. The number of amides is 2. The van der Waals surface area contributed by atoms with Gasteiger partial charge in [-0.3, -0.25) is 24.3 Å². The van der Waals surface area contributed by atoms with Crippen molar-refractivity contribution in [3.63, 3.8) is 0 Å². The van der Waals surface area contributed by atoms with Gasteiger partial charge in [-0.15, -0.1) is 0 Å². The van der Waals surface area contributed by atoms with Crippen molar-refractivity contribution < 1.29 is 59.0 Å². The number of nitrogens with zero attached hydrogens (tertiary/aromatic N) is 5. The Morgan fingerprint density at radius 3 is 2.33 bits per heavy atom. The number of benzene rings is 2. The van der Waals surface area contributed by atoms with Crippen molar-refractivity contribution in [2.45, 2.75) is 50.1 Å². The highest BCUT2D eigenvalue weighted by molar-refractivity contribution is 6.25. The minimum Gasteiger partial charge on any atom is -0.489 e. The van der Waals surface area contributed by atoms with Gasteiger partial charge in [0.05, 0.1) is 42.2 Å². The molecule has 54 heavy (non-hydrogen) atoms. The number of hydrogen-bond donors (Lipinski definition) is 1. The number of morpholine rings is 1. The average molecular weight is 771 g/mol. The van der Waals surface area contributed by atoms with Crippen LogP contribution in [-0.4, -0.2) is 94.5 Å². The van der Waals surface area contributed by atoms with E-state index in [0.29, 0.717) is 70.2 Å². The van der Waals surface area contributed by atoms with E-state index >= 15 is 8.78 Å². The molecule has 1 aromatic heterocycles. The van der Waals surface area contributed by atoms with Crippen molar-refractivity contribution in [3.8, 4) is 17.0 Å². The molecule has 1 N–H and O–H groups in total. The van der Waals surface area contributed by atoms with Crippen molar-refractivity contribution >= 4 is 23.3 Å². The Labute approximate surface area is 303 Å². The van der Waals surface area contributed by atoms with Gasteiger partial charge >= 0.3 is 12.4 Å². The standard InChI is InChI=1S/C35H34F8N6O5/c1-47-33(8-2-3-9-33)30(50)27(32(52)49(47)18-20-4-7-25(29(37)28(20)36)54-15-12-48-10-13-53-14-11-48)31(51)46-23-6-5-21(34(38,39)40)16-22(23)24-17-26(35(41,42)43)45-19-44-24/h4-7,16-17,19,27H,2-3,8-15,18H2,1H3,(H,46,51). The molecule has 19 heteroatoms. The largest absolute Gasteiger partial charge is 0.489 e. The lowest BCUT2D eigenvalue weighted by molar-refractivity contribution is -0.186. The van der Waals surface area contributed by atoms with Crippen molar-refractivity contribution in [1.82, 2.24) is 24.9 Å². The molecular weight excluding hydrogens is 736 g/mol. The first-order valence-corrected chi connectivity index (χ1v) is 16.9. The molecule has 2 aliphatic heterocycles. The molecule has 0 bridgehead atoms. The number of rotatable bonds is 9. The second-order valence-electron chi connectivity index (χ2n) is 13.1. The lowest BCUT2D eigenvalue weighted by Gasteiger charge is -2.49. The second-order valence-corrected chi connectivity index (χ2v) is 13.1. The van der Waals surface area contributed by atoms with Crippen molar-refractivity contribution in [3.05, 3.63) is 71.2 Å². The number of hydrazine groups is 1. The monoisotopic (exact) mass is 770 g/mol. The van der Waals surface area contributed by atoms with E-state index < -0.39 is 87.8 Å². The quantitative estimate of drug-likeness (QED) is 0.223. The molecule has 0 radical (unpaired) electrons. The highest BCUT2D eigenvalue weighted by Gasteiger charge is 2.58. The maximum atomic E-state index is 15.5. The molecular formula is C35H34F8N6O5. The summed E-state index contributed by atoms with van der Waals surface area (Å²) in [6, 6.07) is 4.59. The highest BCUT2D eigenvalue weighted by atomic mass is 19.4. The summed E-state index contributed by atoms with van der Waals surface area (Å²) < 4.78 is 123. The summed E-state index contributed by atoms with van der Waals surface area (Å²) >= 11 is 0. The van der Waals surface area contributed by atoms with Crippen molar-refractivity contribution in [2.24, 2.45) is 5.92 Å². The Morgan fingerprint density at radius 2 is 1.67 bits per heavy atom. The number of alkyl halides is 6. The Balaban J connectivity index is 1.28. The van der Waals surface area contributed by atoms with Crippen LogP contribution in [0.2, 0.25) is 0 Å². The smallest absolute Gasteiger partial charge is 0.433 e. The second kappa shape index (κ2) is 15.2. The zero-order valence-electron chi connectivity index (χ0n) is 28.7. The third kappa shape index (κ3) is 7.74. The molecule has 2 amide bonds. The van der Waals surface area contributed by atoms with Gasteiger partial charge in [0.1, 0.15) is 18.6 Å². The van der Waals surface area contributed by atoms with E-state index in [1.165, 1.54) is 24.2 Å². The number of ketones is 1. The van der Waals surface area contributed by atoms with Crippen LogP contribution >= 0.6 is 0 Å². The SMILES string of the molecule is CN1N(Cc2ccc(OCCN3CCOCC3)c(F)c2F)C(=O)C(C(=O)Nc2ccc(C(F)(F)F)cc2-c2cc(C(F)(F)F)ncn2)C(=O)C12CCCC2. The molecule has 1 aliphatic carbocycles. The summed E-state index contributed by atoms with van der Waals surface area (Å²) in [5.74, 6) is -8.37. The predicted octanol–water partition coefficient (Wildman–Crippen LogP) is 5.50. The number of nitrogens with one attached hydrogen (secondary N) is 1. The topological polar surface area (TPSA) is 117 Å². The number of hydrogen-bond acceptors (Lipinski definition) is 9. The maximum absolute atomic E-state index is 15.5. The summed E-state index contributed by atoms with van der Waals surface area (Å²) in [4.78, 5) is 50.8. The van der Waals surface area contributed by atoms with Gasteiger partial charge in [-0.05, 0) is 43.2 Å². The Bertz CT molecular complexity index is 1910. The first-order valence-electron chi connectivity index (χ1n) is 16.9. The van der Waals surface area contributed by atoms with E-state index in [9.17, 15) is 40.7 Å². The van der Waals surface area contributed by atoms with Crippen LogP contribution in [-0.2, 0) is 38.0 Å². The summed E-state index contributed by atoms with van der Waals surface area (Å²) in [6.45, 7) is 2.31. The van der Waals surface area contributed by atoms with Gasteiger partial charge in [0.25, 0.3) is 5.91 Å². The molecule has 3 fully saturated rings. The molecule has 2 saturated heterocycles. The average Bonchev–Trinajstić information content (AvgIpc) is 3.63. The third-order valence-electron chi connectivity index (χ3n) is 9.95. The predicted molar refractivity (Wildman–Crippen MR) is 173 cm³/mol. The molecule has 1 spiro atoms. The molecule has 3 aromatic rings. The molecule has 3 aliphatic rings. The fourth-order valence-corrected chi connectivity index (χ4v) is 7.00. The summed E-state index contributed by atoms with van der Waals surface area (Å²) in [7, 11) is 1.41. The summed E-state index contributed by atoms with van der Waals surface area (Å²) in [5, 5.41) is 4.51. The van der Waals surface area contributed by atoms with Gasteiger partial charge < -0.3 is 14.8 Å². The molecule has 290 valence electrons. The number of likely N-dealkylation sites (N-methyl/N-ethyl adjacent to an activating group) is 1. The van der Waals surface area contributed by atoms with Gasteiger partial charge in [0.2, 0.25) is 11.7 Å². The first kappa shape index (κ1) is 39.0. The molecule has 1 unspecified atom stereocenters. The van der Waals surface area contributed by atoms with Gasteiger partial charge in [0.15, 0.2) is 23.3 Å². The number of aromatic nitrogens is 2. The van der Waals surface area contributed by atoms with Gasteiger partial charge in [-0.1, -0.05) is 18.9 Å². The zero-order chi connectivity index (χ0) is 39.0. The van der Waals surface area contributed by atoms with Crippen LogP contribution in [0, 0.1) is 17.6 Å². The fraction of sp³-hybridized carbons (Fsp3) is 0.457. The minimum atomic E-state index is -4.99. The van der Waals surface area contributed by atoms with Crippen molar-refractivity contribution in [2.75, 3.05) is 51.8 Å². The molecule has 1 atom stereocenters. The molecule has 11 nitrogen and oxygen atoms in total. The number of ether oxygens (including phenoxy) is 2. The Morgan fingerprint density at radius 1 is 0.963 bits per heavy atom. The third-order valence-corrected chi connectivity index (χ3v) is 9.95. The van der Waals surface area contributed by atoms with E-state index in [1.807, 2.05) is 4.90 Å². The molecule has 6 rings (SSSR count). The summed E-state index contributed by atoms with van der Waals surface area (Å²) in [6.07, 6.45) is -8.04. The fourth-order valence-electron chi connectivity index (χ4n) is 7.00. The Hall–Kier alpha value is -4.75. The van der Waals surface area contributed by atoms with Crippen LogP contribution in [0.5, 0.6) is 5.75 Å². The molecule has 2 aromatic carbocycles. The van der Waals surface area contributed by atoms with Crippen LogP contribution in [0.1, 0.15) is 42.5 Å². The molecule has 3 heterocycles. The van der Waals surface area contributed by atoms with E-state index in [1.54, 1.807) is 0 Å². The zero-order valence-corrected chi connectivity index (χ0v) is 28.7. The molecule has 1 saturated carbocycles. The number of halogens is 8. The van der Waals surface area contributed by atoms with Gasteiger partial charge in [-0.2, -0.15) is 30.7 Å².